The fourth-order valence-electron chi connectivity index (χ4n) is 2.95. The number of amides is 1. The SMILES string of the molecule is Cc1ccc(CN(C)C(=O)c2sccc2S(=O)(=O)N2CCCCC2)o1. The van der Waals surface area contributed by atoms with Crippen LogP contribution < -0.4 is 0 Å². The Morgan fingerprint density at radius 1 is 1.24 bits per heavy atom. The molecule has 8 heteroatoms. The number of rotatable bonds is 5. The summed E-state index contributed by atoms with van der Waals surface area (Å²) in [4.78, 5) is 14.6. The average molecular weight is 383 g/mol. The van der Waals surface area contributed by atoms with E-state index in [0.717, 1.165) is 36.4 Å². The maximum atomic E-state index is 12.9. The standard InChI is InChI=1S/C17H22N2O4S2/c1-13-6-7-14(23-13)12-18(2)17(20)16-15(8-11-24-16)25(21,22)19-9-4-3-5-10-19/h6-8,11H,3-5,9-10,12H2,1-2H3. The highest BCUT2D eigenvalue weighted by molar-refractivity contribution is 7.89. The largest absolute Gasteiger partial charge is 0.464 e. The number of nitrogens with zero attached hydrogens (tertiary/aromatic N) is 2. The summed E-state index contributed by atoms with van der Waals surface area (Å²) in [5.74, 6) is 1.14. The molecular weight excluding hydrogens is 360 g/mol. The Labute approximate surface area is 152 Å². The van der Waals surface area contributed by atoms with Gasteiger partial charge in [0.1, 0.15) is 21.3 Å². The second kappa shape index (κ2) is 7.31. The van der Waals surface area contributed by atoms with Crippen LogP contribution in [0.25, 0.3) is 0 Å². The van der Waals surface area contributed by atoms with Gasteiger partial charge in [-0.2, -0.15) is 4.31 Å². The minimum Gasteiger partial charge on any atom is -0.464 e. The molecule has 2 aromatic rings. The lowest BCUT2D eigenvalue weighted by Crippen LogP contribution is -2.36. The lowest BCUT2D eigenvalue weighted by atomic mass is 10.2. The number of piperidine rings is 1. The van der Waals surface area contributed by atoms with E-state index >= 15 is 0 Å². The molecule has 0 spiro atoms. The maximum Gasteiger partial charge on any atom is 0.265 e. The van der Waals surface area contributed by atoms with Crippen molar-refractivity contribution in [1.29, 1.82) is 0 Å². The summed E-state index contributed by atoms with van der Waals surface area (Å²) < 4.78 is 32.8. The molecule has 1 fully saturated rings. The third-order valence-electron chi connectivity index (χ3n) is 4.29. The topological polar surface area (TPSA) is 70.8 Å². The van der Waals surface area contributed by atoms with Crippen LogP contribution in [-0.4, -0.2) is 43.7 Å². The minimum atomic E-state index is -3.62. The van der Waals surface area contributed by atoms with Crippen LogP contribution in [0.5, 0.6) is 0 Å². The molecule has 6 nitrogen and oxygen atoms in total. The number of carbonyl (C=O) groups is 1. The zero-order valence-corrected chi connectivity index (χ0v) is 16.0. The number of thiophene rings is 1. The Morgan fingerprint density at radius 2 is 1.96 bits per heavy atom. The zero-order valence-electron chi connectivity index (χ0n) is 14.4. The highest BCUT2D eigenvalue weighted by Gasteiger charge is 2.32. The van der Waals surface area contributed by atoms with Crippen molar-refractivity contribution in [2.45, 2.75) is 37.6 Å². The zero-order chi connectivity index (χ0) is 18.0. The number of hydrogen-bond acceptors (Lipinski definition) is 5. The van der Waals surface area contributed by atoms with Crippen molar-refractivity contribution in [3.8, 4) is 0 Å². The Morgan fingerprint density at radius 3 is 2.60 bits per heavy atom. The number of aryl methyl sites for hydroxylation is 1. The summed E-state index contributed by atoms with van der Waals surface area (Å²) in [6.07, 6.45) is 2.78. The van der Waals surface area contributed by atoms with Crippen molar-refractivity contribution in [3.63, 3.8) is 0 Å². The maximum absolute atomic E-state index is 12.9. The average Bonchev–Trinajstić information content (AvgIpc) is 3.24. The van der Waals surface area contributed by atoms with Crippen LogP contribution in [0, 0.1) is 6.92 Å². The Kier molecular flexibility index (Phi) is 5.31. The lowest BCUT2D eigenvalue weighted by molar-refractivity contribution is 0.0776. The Bertz CT molecular complexity index is 848. The highest BCUT2D eigenvalue weighted by Crippen LogP contribution is 2.28. The molecule has 1 saturated heterocycles. The molecule has 136 valence electrons. The molecule has 3 heterocycles. The molecule has 1 aliphatic heterocycles. The van der Waals surface area contributed by atoms with Crippen LogP contribution in [0.2, 0.25) is 0 Å². The van der Waals surface area contributed by atoms with Crippen molar-refractivity contribution < 1.29 is 17.6 Å². The Hall–Kier alpha value is -1.64. The van der Waals surface area contributed by atoms with Crippen LogP contribution in [-0.2, 0) is 16.6 Å². The predicted octanol–water partition coefficient (Wildman–Crippen LogP) is 3.10. The van der Waals surface area contributed by atoms with Crippen LogP contribution in [0.3, 0.4) is 0 Å². The van der Waals surface area contributed by atoms with Gasteiger partial charge >= 0.3 is 0 Å². The van der Waals surface area contributed by atoms with E-state index in [4.69, 9.17) is 4.42 Å². The van der Waals surface area contributed by atoms with Crippen LogP contribution in [0.4, 0.5) is 0 Å². The van der Waals surface area contributed by atoms with Gasteiger partial charge in [-0.25, -0.2) is 8.42 Å². The van der Waals surface area contributed by atoms with E-state index in [9.17, 15) is 13.2 Å². The molecule has 0 aliphatic carbocycles. The molecule has 0 saturated carbocycles. The molecule has 0 bridgehead atoms. The molecule has 0 radical (unpaired) electrons. The van der Waals surface area contributed by atoms with Gasteiger partial charge in [-0.05, 0) is 43.3 Å². The fourth-order valence-corrected chi connectivity index (χ4v) is 5.86. The number of hydrogen-bond donors (Lipinski definition) is 0. The first-order chi connectivity index (χ1) is 11.9. The fraction of sp³-hybridized carbons (Fsp3) is 0.471. The van der Waals surface area contributed by atoms with E-state index in [1.54, 1.807) is 12.4 Å². The van der Waals surface area contributed by atoms with Crippen LogP contribution in [0.15, 0.2) is 32.9 Å². The Balaban J connectivity index is 1.81. The van der Waals surface area contributed by atoms with Gasteiger partial charge in [0.05, 0.1) is 6.54 Å². The second-order valence-electron chi connectivity index (χ2n) is 6.25. The summed E-state index contributed by atoms with van der Waals surface area (Å²) in [6, 6.07) is 5.19. The van der Waals surface area contributed by atoms with E-state index in [2.05, 4.69) is 0 Å². The first-order valence-electron chi connectivity index (χ1n) is 8.28. The summed E-state index contributed by atoms with van der Waals surface area (Å²) in [7, 11) is -1.97. The number of sulfonamides is 1. The normalized spacial score (nSPS) is 16.1. The molecule has 0 aromatic carbocycles. The van der Waals surface area contributed by atoms with E-state index < -0.39 is 10.0 Å². The molecule has 25 heavy (non-hydrogen) atoms. The van der Waals surface area contributed by atoms with Gasteiger partial charge in [0.25, 0.3) is 5.91 Å². The van der Waals surface area contributed by atoms with Crippen molar-refractivity contribution in [3.05, 3.63) is 40.0 Å². The van der Waals surface area contributed by atoms with Gasteiger partial charge in [0.15, 0.2) is 0 Å². The van der Waals surface area contributed by atoms with Gasteiger partial charge in [-0.1, -0.05) is 6.42 Å². The molecule has 3 rings (SSSR count). The monoisotopic (exact) mass is 382 g/mol. The van der Waals surface area contributed by atoms with Crippen molar-refractivity contribution in [2.24, 2.45) is 0 Å². The predicted molar refractivity (Wildman–Crippen MR) is 96.2 cm³/mol. The van der Waals surface area contributed by atoms with E-state index in [-0.39, 0.29) is 15.7 Å². The number of furan rings is 1. The summed E-state index contributed by atoms with van der Waals surface area (Å²) in [5, 5.41) is 1.66. The summed E-state index contributed by atoms with van der Waals surface area (Å²) in [6.45, 7) is 3.18. The molecule has 0 atom stereocenters. The third kappa shape index (κ3) is 3.80. The van der Waals surface area contributed by atoms with Crippen molar-refractivity contribution in [2.75, 3.05) is 20.1 Å². The smallest absolute Gasteiger partial charge is 0.265 e. The van der Waals surface area contributed by atoms with Crippen LogP contribution in [0.1, 0.15) is 40.5 Å². The van der Waals surface area contributed by atoms with Gasteiger partial charge in [-0.3, -0.25) is 4.79 Å². The molecule has 0 unspecified atom stereocenters. The molecular formula is C17H22N2O4S2. The minimum absolute atomic E-state index is 0.117. The van der Waals surface area contributed by atoms with Gasteiger partial charge < -0.3 is 9.32 Å². The first kappa shape index (κ1) is 18.2. The second-order valence-corrected chi connectivity index (χ2v) is 9.07. The van der Waals surface area contributed by atoms with Crippen molar-refractivity contribution >= 4 is 27.3 Å². The quantitative estimate of drug-likeness (QED) is 0.797. The van der Waals surface area contributed by atoms with Gasteiger partial charge in [0.2, 0.25) is 10.0 Å². The van der Waals surface area contributed by atoms with E-state index in [1.165, 1.54) is 15.3 Å². The van der Waals surface area contributed by atoms with Crippen molar-refractivity contribution in [1.82, 2.24) is 9.21 Å². The number of carbonyl (C=O) groups excluding carboxylic acids is 1. The van der Waals surface area contributed by atoms with Crippen LogP contribution >= 0.6 is 11.3 Å². The molecule has 1 amide bonds. The molecule has 0 N–H and O–H groups in total. The van der Waals surface area contributed by atoms with E-state index in [1.807, 2.05) is 19.1 Å². The van der Waals surface area contributed by atoms with Gasteiger partial charge in [0, 0.05) is 20.1 Å². The summed E-state index contributed by atoms with van der Waals surface area (Å²) in [5.41, 5.74) is 0. The van der Waals surface area contributed by atoms with Gasteiger partial charge in [-0.15, -0.1) is 11.3 Å². The van der Waals surface area contributed by atoms with E-state index in [0.29, 0.717) is 25.4 Å². The highest BCUT2D eigenvalue weighted by atomic mass is 32.2. The summed E-state index contributed by atoms with van der Waals surface area (Å²) >= 11 is 1.16. The third-order valence-corrected chi connectivity index (χ3v) is 7.26. The molecule has 2 aromatic heterocycles. The molecule has 1 aliphatic rings. The first-order valence-corrected chi connectivity index (χ1v) is 10.6. The lowest BCUT2D eigenvalue weighted by Gasteiger charge is -2.26.